The normalized spacial score (nSPS) is 24.5. The molecule has 1 fully saturated rings. The third-order valence-electron chi connectivity index (χ3n) is 6.10. The molecule has 0 bridgehead atoms. The van der Waals surface area contributed by atoms with Crippen LogP contribution in [0.2, 0.25) is 0 Å². The van der Waals surface area contributed by atoms with Crippen molar-refractivity contribution in [1.29, 1.82) is 0 Å². The fourth-order valence-electron chi connectivity index (χ4n) is 4.72. The van der Waals surface area contributed by atoms with Crippen LogP contribution in [0.4, 0.5) is 4.79 Å². The van der Waals surface area contributed by atoms with Crippen molar-refractivity contribution in [2.45, 2.75) is 76.7 Å². The number of hydrogen-bond acceptors (Lipinski definition) is 4. The van der Waals surface area contributed by atoms with Crippen LogP contribution in [0.5, 0.6) is 0 Å². The van der Waals surface area contributed by atoms with Gasteiger partial charge in [0.1, 0.15) is 5.60 Å². The van der Waals surface area contributed by atoms with Crippen molar-refractivity contribution in [2.24, 2.45) is 5.92 Å². The van der Waals surface area contributed by atoms with Gasteiger partial charge in [-0.15, -0.1) is 0 Å². The number of benzene rings is 1. The lowest BCUT2D eigenvalue weighted by Crippen LogP contribution is -2.42. The van der Waals surface area contributed by atoms with Crippen LogP contribution in [0.1, 0.15) is 64.5 Å². The van der Waals surface area contributed by atoms with Gasteiger partial charge in [-0.05, 0) is 64.4 Å². The van der Waals surface area contributed by atoms with Crippen LogP contribution >= 0.6 is 0 Å². The minimum Gasteiger partial charge on any atom is -0.444 e. The van der Waals surface area contributed by atoms with Gasteiger partial charge in [0.05, 0.1) is 30.4 Å². The van der Waals surface area contributed by atoms with Crippen LogP contribution in [0, 0.1) is 5.92 Å². The molecule has 1 aliphatic heterocycles. The average Bonchev–Trinajstić information content (AvgIpc) is 3.23. The lowest BCUT2D eigenvalue weighted by molar-refractivity contribution is 0.0429. The number of carbonyl (C=O) groups is 1. The molecule has 0 spiro atoms. The van der Waals surface area contributed by atoms with Crippen molar-refractivity contribution in [1.82, 2.24) is 14.9 Å². The van der Waals surface area contributed by atoms with E-state index in [4.69, 9.17) is 4.74 Å². The summed E-state index contributed by atoms with van der Waals surface area (Å²) in [6.07, 6.45) is 7.31. The van der Waals surface area contributed by atoms with E-state index in [-0.39, 0.29) is 30.2 Å². The molecule has 29 heavy (non-hydrogen) atoms. The van der Waals surface area contributed by atoms with E-state index in [1.807, 2.05) is 39.4 Å². The number of aromatic nitrogens is 2. The van der Waals surface area contributed by atoms with E-state index in [1.165, 1.54) is 11.1 Å². The van der Waals surface area contributed by atoms with Crippen molar-refractivity contribution in [3.05, 3.63) is 42.4 Å². The first kappa shape index (κ1) is 20.0. The molecule has 1 saturated carbocycles. The van der Waals surface area contributed by atoms with E-state index < -0.39 is 5.60 Å². The van der Waals surface area contributed by atoms with E-state index in [0.29, 0.717) is 6.42 Å². The van der Waals surface area contributed by atoms with Crippen molar-refractivity contribution >= 4 is 6.09 Å². The predicted octanol–water partition coefficient (Wildman–Crippen LogP) is 4.29. The molecule has 2 aliphatic rings. The minimum atomic E-state index is -0.485. The van der Waals surface area contributed by atoms with Crippen molar-refractivity contribution in [2.75, 3.05) is 0 Å². The number of carbonyl (C=O) groups excluding carboxylic acids is 1. The number of fused-ring (bicyclic) bond motifs is 3. The Morgan fingerprint density at radius 3 is 2.72 bits per heavy atom. The molecule has 6 heteroatoms. The molecule has 2 aromatic rings. The van der Waals surface area contributed by atoms with E-state index in [9.17, 15) is 9.90 Å². The second-order valence-electron chi connectivity index (χ2n) is 9.35. The summed E-state index contributed by atoms with van der Waals surface area (Å²) >= 11 is 0. The molecule has 2 heterocycles. The molecular weight excluding hydrogens is 366 g/mol. The van der Waals surface area contributed by atoms with Gasteiger partial charge in [0.15, 0.2) is 0 Å². The van der Waals surface area contributed by atoms with Crippen LogP contribution in [0.25, 0.3) is 11.3 Å². The summed E-state index contributed by atoms with van der Waals surface area (Å²) in [7, 11) is 0. The molecule has 4 rings (SSSR count). The van der Waals surface area contributed by atoms with Crippen LogP contribution in [0.3, 0.4) is 0 Å². The Bertz CT molecular complexity index is 862. The highest BCUT2D eigenvalue weighted by molar-refractivity contribution is 5.69. The van der Waals surface area contributed by atoms with Crippen LogP contribution in [0.15, 0.2) is 36.8 Å². The highest BCUT2D eigenvalue weighted by atomic mass is 16.6. The Morgan fingerprint density at radius 1 is 1.28 bits per heavy atom. The van der Waals surface area contributed by atoms with Crippen molar-refractivity contribution < 1.29 is 14.6 Å². The van der Waals surface area contributed by atoms with E-state index in [0.717, 1.165) is 31.4 Å². The van der Waals surface area contributed by atoms with E-state index >= 15 is 0 Å². The number of alkyl carbamates (subject to hydrolysis) is 1. The highest BCUT2D eigenvalue weighted by Crippen LogP contribution is 2.42. The third-order valence-corrected chi connectivity index (χ3v) is 6.10. The Hall–Kier alpha value is -2.34. The summed E-state index contributed by atoms with van der Waals surface area (Å²) < 4.78 is 7.54. The average molecular weight is 398 g/mol. The molecule has 0 saturated heterocycles. The molecule has 6 nitrogen and oxygen atoms in total. The number of ether oxygens (including phenoxy) is 1. The number of aliphatic hydroxyl groups excluding tert-OH is 1. The molecule has 1 aliphatic carbocycles. The smallest absolute Gasteiger partial charge is 0.407 e. The Morgan fingerprint density at radius 2 is 2.00 bits per heavy atom. The summed E-state index contributed by atoms with van der Waals surface area (Å²) in [4.78, 5) is 16.3. The maximum absolute atomic E-state index is 12.0. The van der Waals surface area contributed by atoms with Gasteiger partial charge < -0.3 is 19.7 Å². The van der Waals surface area contributed by atoms with Gasteiger partial charge in [-0.25, -0.2) is 9.78 Å². The lowest BCUT2D eigenvalue weighted by atomic mass is 9.80. The molecule has 1 aromatic carbocycles. The first-order valence-corrected chi connectivity index (χ1v) is 10.6. The summed E-state index contributed by atoms with van der Waals surface area (Å²) in [5.41, 5.74) is 3.13. The molecular formula is C23H31N3O3. The van der Waals surface area contributed by atoms with Gasteiger partial charge in [0.2, 0.25) is 0 Å². The second kappa shape index (κ2) is 7.82. The Balaban J connectivity index is 1.33. The molecule has 1 unspecified atom stereocenters. The largest absolute Gasteiger partial charge is 0.444 e. The Kier molecular flexibility index (Phi) is 5.38. The maximum atomic E-state index is 12.0. The lowest BCUT2D eigenvalue weighted by Gasteiger charge is -2.33. The molecule has 0 radical (unpaired) electrons. The molecule has 156 valence electrons. The first-order valence-electron chi connectivity index (χ1n) is 10.6. The van der Waals surface area contributed by atoms with E-state index in [2.05, 4.69) is 33.1 Å². The van der Waals surface area contributed by atoms with Crippen LogP contribution in [-0.2, 0) is 4.74 Å². The molecule has 2 atom stereocenters. The van der Waals surface area contributed by atoms with E-state index in [1.54, 1.807) is 0 Å². The SMILES string of the molecule is CC(C)(C)OC(=O)NC1CCC([C@H](O)CC2c3ccccc3-c3cncn32)CC1. The number of imidazole rings is 1. The van der Waals surface area contributed by atoms with Gasteiger partial charge in [-0.2, -0.15) is 0 Å². The second-order valence-corrected chi connectivity index (χ2v) is 9.35. The monoisotopic (exact) mass is 397 g/mol. The van der Waals surface area contributed by atoms with Gasteiger partial charge in [0.25, 0.3) is 0 Å². The number of hydrogen-bond donors (Lipinski definition) is 2. The zero-order chi connectivity index (χ0) is 20.6. The molecule has 2 N–H and O–H groups in total. The van der Waals surface area contributed by atoms with Crippen molar-refractivity contribution in [3.63, 3.8) is 0 Å². The number of rotatable bonds is 4. The van der Waals surface area contributed by atoms with Gasteiger partial charge in [-0.3, -0.25) is 0 Å². The zero-order valence-corrected chi connectivity index (χ0v) is 17.5. The fourth-order valence-corrected chi connectivity index (χ4v) is 4.72. The maximum Gasteiger partial charge on any atom is 0.407 e. The van der Waals surface area contributed by atoms with Crippen LogP contribution in [-0.4, -0.2) is 38.5 Å². The number of amides is 1. The summed E-state index contributed by atoms with van der Waals surface area (Å²) in [5, 5.41) is 14.0. The first-order chi connectivity index (χ1) is 13.8. The fraction of sp³-hybridized carbons (Fsp3) is 0.565. The van der Waals surface area contributed by atoms with Crippen LogP contribution < -0.4 is 5.32 Å². The summed E-state index contributed by atoms with van der Waals surface area (Å²) in [5.74, 6) is 0.256. The minimum absolute atomic E-state index is 0.126. The van der Waals surface area contributed by atoms with Gasteiger partial charge in [-0.1, -0.05) is 24.3 Å². The standard InChI is InChI=1S/C23H31N3O3/c1-23(2,3)29-22(28)25-16-10-8-15(9-11-16)21(27)12-19-17-6-4-5-7-18(17)20-13-24-14-26(19)20/h4-7,13-16,19,21,27H,8-12H2,1-3H3,(H,25,28)/t15?,16?,19?,21-/m1/s1. The summed E-state index contributed by atoms with van der Waals surface area (Å²) in [6, 6.07) is 8.65. The molecule has 1 amide bonds. The number of nitrogens with zero attached hydrogens (tertiary/aromatic N) is 2. The highest BCUT2D eigenvalue weighted by Gasteiger charge is 2.34. The Labute approximate surface area is 172 Å². The predicted molar refractivity (Wildman–Crippen MR) is 112 cm³/mol. The quantitative estimate of drug-likeness (QED) is 0.807. The zero-order valence-electron chi connectivity index (χ0n) is 17.5. The third kappa shape index (κ3) is 4.32. The summed E-state index contributed by atoms with van der Waals surface area (Å²) in [6.45, 7) is 5.60. The van der Waals surface area contributed by atoms with Gasteiger partial charge >= 0.3 is 6.09 Å². The number of nitrogens with one attached hydrogen (secondary N) is 1. The molecule has 1 aromatic heterocycles. The van der Waals surface area contributed by atoms with Gasteiger partial charge in [0, 0.05) is 11.6 Å². The topological polar surface area (TPSA) is 76.4 Å². The van der Waals surface area contributed by atoms with Crippen molar-refractivity contribution in [3.8, 4) is 11.3 Å². The number of aliphatic hydroxyl groups is 1.